The van der Waals surface area contributed by atoms with Gasteiger partial charge in [0.15, 0.2) is 0 Å². The number of nitrogens with two attached hydrogens (primary N) is 1. The molecule has 0 aliphatic heterocycles. The van der Waals surface area contributed by atoms with Crippen molar-refractivity contribution in [3.05, 3.63) is 24.0 Å². The number of anilines is 1. The van der Waals surface area contributed by atoms with E-state index in [-0.39, 0.29) is 0 Å². The zero-order valence-electron chi connectivity index (χ0n) is 9.50. The van der Waals surface area contributed by atoms with Crippen LogP contribution < -0.4 is 11.1 Å². The van der Waals surface area contributed by atoms with Gasteiger partial charge in [-0.2, -0.15) is 0 Å². The molecule has 0 spiro atoms. The van der Waals surface area contributed by atoms with Crippen molar-refractivity contribution in [3.8, 4) is 0 Å². The first-order valence-corrected chi connectivity index (χ1v) is 5.73. The number of pyridine rings is 1. The van der Waals surface area contributed by atoms with Gasteiger partial charge >= 0.3 is 0 Å². The molecule has 0 saturated heterocycles. The van der Waals surface area contributed by atoms with Crippen molar-refractivity contribution in [2.45, 2.75) is 32.6 Å². The van der Waals surface area contributed by atoms with E-state index in [4.69, 9.17) is 5.73 Å². The van der Waals surface area contributed by atoms with Crippen LogP contribution in [-0.2, 0) is 6.42 Å². The van der Waals surface area contributed by atoms with Crippen molar-refractivity contribution in [2.24, 2.45) is 0 Å². The fourth-order valence-electron chi connectivity index (χ4n) is 1.51. The zero-order valence-corrected chi connectivity index (χ0v) is 9.50. The summed E-state index contributed by atoms with van der Waals surface area (Å²) in [7, 11) is 0. The molecule has 0 radical (unpaired) electrons. The first-order chi connectivity index (χ1) is 7.34. The highest BCUT2D eigenvalue weighted by Crippen LogP contribution is 2.11. The van der Waals surface area contributed by atoms with Gasteiger partial charge in [-0.1, -0.05) is 6.92 Å². The number of aromatic nitrogens is 1. The van der Waals surface area contributed by atoms with Gasteiger partial charge in [0.2, 0.25) is 0 Å². The van der Waals surface area contributed by atoms with Gasteiger partial charge in [-0.3, -0.25) is 4.98 Å². The molecule has 0 bridgehead atoms. The summed E-state index contributed by atoms with van der Waals surface area (Å²) in [6, 6.07) is 1.87. The zero-order chi connectivity index (χ0) is 10.9. The van der Waals surface area contributed by atoms with Crippen LogP contribution in [0.4, 0.5) is 5.69 Å². The summed E-state index contributed by atoms with van der Waals surface area (Å²) in [5.41, 5.74) is 7.87. The topological polar surface area (TPSA) is 50.9 Å². The summed E-state index contributed by atoms with van der Waals surface area (Å²) in [4.78, 5) is 4.08. The van der Waals surface area contributed by atoms with Crippen LogP contribution in [0.25, 0.3) is 0 Å². The van der Waals surface area contributed by atoms with Gasteiger partial charge < -0.3 is 11.1 Å². The molecular weight excluding hydrogens is 186 g/mol. The highest BCUT2D eigenvalue weighted by molar-refractivity contribution is 5.44. The lowest BCUT2D eigenvalue weighted by atomic mass is 10.1. The minimum absolute atomic E-state index is 0.867. The number of aryl methyl sites for hydroxylation is 1. The molecule has 3 heteroatoms. The van der Waals surface area contributed by atoms with Crippen molar-refractivity contribution in [1.29, 1.82) is 0 Å². The second-order valence-corrected chi connectivity index (χ2v) is 3.78. The number of hydrogen-bond donors (Lipinski definition) is 2. The Bertz CT molecular complexity index is 273. The van der Waals surface area contributed by atoms with Crippen molar-refractivity contribution in [1.82, 2.24) is 10.3 Å². The minimum atomic E-state index is 0.867. The number of nitrogen functional groups attached to an aromatic ring is 1. The molecule has 0 saturated carbocycles. The molecule has 1 aromatic heterocycles. The van der Waals surface area contributed by atoms with Gasteiger partial charge in [0.05, 0.1) is 0 Å². The van der Waals surface area contributed by atoms with Crippen LogP contribution in [0.1, 0.15) is 31.7 Å². The summed E-state index contributed by atoms with van der Waals surface area (Å²) in [5.74, 6) is 0. The van der Waals surface area contributed by atoms with Crippen LogP contribution in [0.2, 0.25) is 0 Å². The van der Waals surface area contributed by atoms with Crippen LogP contribution in [0.15, 0.2) is 18.5 Å². The van der Waals surface area contributed by atoms with Gasteiger partial charge in [0.25, 0.3) is 0 Å². The van der Waals surface area contributed by atoms with Gasteiger partial charge in [-0.05, 0) is 50.4 Å². The summed E-state index contributed by atoms with van der Waals surface area (Å²) in [5, 5.41) is 3.39. The van der Waals surface area contributed by atoms with Gasteiger partial charge in [-0.25, -0.2) is 0 Å². The normalized spacial score (nSPS) is 10.5. The van der Waals surface area contributed by atoms with E-state index >= 15 is 0 Å². The Morgan fingerprint density at radius 3 is 2.93 bits per heavy atom. The first kappa shape index (κ1) is 12.0. The molecule has 0 amide bonds. The number of unbranched alkanes of at least 4 members (excludes halogenated alkanes) is 1. The predicted octanol–water partition coefficient (Wildman–Crippen LogP) is 1.99. The molecule has 0 fully saturated rings. The van der Waals surface area contributed by atoms with E-state index < -0.39 is 0 Å². The third-order valence-electron chi connectivity index (χ3n) is 2.42. The molecule has 1 aromatic rings. The molecule has 3 nitrogen and oxygen atoms in total. The van der Waals surface area contributed by atoms with Gasteiger partial charge in [0.1, 0.15) is 0 Å². The van der Waals surface area contributed by atoms with Crippen molar-refractivity contribution in [3.63, 3.8) is 0 Å². The Hall–Kier alpha value is -1.09. The number of hydrogen-bond acceptors (Lipinski definition) is 3. The maximum absolute atomic E-state index is 5.83. The molecule has 0 aliphatic rings. The minimum Gasteiger partial charge on any atom is -0.398 e. The Morgan fingerprint density at radius 2 is 2.20 bits per heavy atom. The lowest BCUT2D eigenvalue weighted by molar-refractivity contribution is 0.617. The van der Waals surface area contributed by atoms with Crippen LogP contribution in [0, 0.1) is 0 Å². The smallest absolute Gasteiger partial charge is 0.0377 e. The summed E-state index contributed by atoms with van der Waals surface area (Å²) in [6.07, 6.45) is 8.22. The third-order valence-corrected chi connectivity index (χ3v) is 2.42. The Balaban J connectivity index is 2.12. The van der Waals surface area contributed by atoms with Crippen LogP contribution in [0.3, 0.4) is 0 Å². The van der Waals surface area contributed by atoms with E-state index in [0.29, 0.717) is 0 Å². The second kappa shape index (κ2) is 7.23. The monoisotopic (exact) mass is 207 g/mol. The van der Waals surface area contributed by atoms with E-state index in [9.17, 15) is 0 Å². The van der Waals surface area contributed by atoms with Crippen molar-refractivity contribution < 1.29 is 0 Å². The van der Waals surface area contributed by atoms with E-state index in [2.05, 4.69) is 17.2 Å². The second-order valence-electron chi connectivity index (χ2n) is 3.78. The number of rotatable bonds is 7. The molecule has 1 heterocycles. The quantitative estimate of drug-likeness (QED) is 0.672. The highest BCUT2D eigenvalue weighted by atomic mass is 14.8. The summed E-state index contributed by atoms with van der Waals surface area (Å²) < 4.78 is 0. The maximum atomic E-state index is 5.83. The number of nitrogens with zero attached hydrogens (tertiary/aromatic N) is 1. The third kappa shape index (κ3) is 4.79. The van der Waals surface area contributed by atoms with Crippen LogP contribution in [0.5, 0.6) is 0 Å². The highest BCUT2D eigenvalue weighted by Gasteiger charge is 1.97. The average Bonchev–Trinajstić information content (AvgIpc) is 2.25. The van der Waals surface area contributed by atoms with E-state index in [1.807, 2.05) is 12.3 Å². The van der Waals surface area contributed by atoms with E-state index in [1.54, 1.807) is 6.20 Å². The molecule has 0 aromatic carbocycles. The molecule has 3 N–H and O–H groups in total. The van der Waals surface area contributed by atoms with E-state index in [1.165, 1.54) is 24.8 Å². The standard InChI is InChI=1S/C12H21N3/c1-2-7-14-8-4-3-5-11-10-15-9-6-12(11)13/h6,9-10,14H,2-5,7-8H2,1H3,(H2,13,15). The largest absolute Gasteiger partial charge is 0.398 e. The summed E-state index contributed by atoms with van der Waals surface area (Å²) in [6.45, 7) is 4.41. The summed E-state index contributed by atoms with van der Waals surface area (Å²) >= 11 is 0. The first-order valence-electron chi connectivity index (χ1n) is 5.73. The van der Waals surface area contributed by atoms with Gasteiger partial charge in [-0.15, -0.1) is 0 Å². The number of nitrogens with one attached hydrogen (secondary N) is 1. The van der Waals surface area contributed by atoms with Crippen molar-refractivity contribution >= 4 is 5.69 Å². The maximum Gasteiger partial charge on any atom is 0.0377 e. The average molecular weight is 207 g/mol. The molecule has 84 valence electrons. The molecule has 0 unspecified atom stereocenters. The molecule has 0 atom stereocenters. The fourth-order valence-corrected chi connectivity index (χ4v) is 1.51. The van der Waals surface area contributed by atoms with E-state index in [0.717, 1.165) is 25.2 Å². The van der Waals surface area contributed by atoms with Crippen LogP contribution >= 0.6 is 0 Å². The SMILES string of the molecule is CCCNCCCCc1cnccc1N. The fraction of sp³-hybridized carbons (Fsp3) is 0.583. The lowest BCUT2D eigenvalue weighted by Gasteiger charge is -2.05. The molecule has 15 heavy (non-hydrogen) atoms. The molecular formula is C12H21N3. The van der Waals surface area contributed by atoms with Crippen LogP contribution in [-0.4, -0.2) is 18.1 Å². The van der Waals surface area contributed by atoms with Gasteiger partial charge in [0, 0.05) is 18.1 Å². The Labute approximate surface area is 92.1 Å². The Morgan fingerprint density at radius 1 is 1.33 bits per heavy atom. The van der Waals surface area contributed by atoms with Crippen molar-refractivity contribution in [2.75, 3.05) is 18.8 Å². The predicted molar refractivity (Wildman–Crippen MR) is 64.7 cm³/mol. The Kier molecular flexibility index (Phi) is 5.78. The lowest BCUT2D eigenvalue weighted by Crippen LogP contribution is -2.15. The molecule has 1 rings (SSSR count). The molecule has 0 aliphatic carbocycles.